The molecule has 0 aromatic heterocycles. The highest BCUT2D eigenvalue weighted by Crippen LogP contribution is 2.21. The van der Waals surface area contributed by atoms with Gasteiger partial charge in [-0.25, -0.2) is 0 Å². The van der Waals surface area contributed by atoms with Gasteiger partial charge in [0.15, 0.2) is 0 Å². The second-order valence-electron chi connectivity index (χ2n) is 4.97. The number of carbonyl (C=O) groups is 1. The van der Waals surface area contributed by atoms with E-state index in [1.807, 2.05) is 18.7 Å². The minimum absolute atomic E-state index is 0.140. The van der Waals surface area contributed by atoms with Crippen molar-refractivity contribution >= 4 is 5.91 Å². The molecule has 1 rings (SSSR count). The Hall–Kier alpha value is -0.610. The molecular weight excluding hydrogens is 192 g/mol. The summed E-state index contributed by atoms with van der Waals surface area (Å²) in [7, 11) is 1.62. The van der Waals surface area contributed by atoms with Gasteiger partial charge in [0.1, 0.15) is 0 Å². The Morgan fingerprint density at radius 3 is 2.80 bits per heavy atom. The van der Waals surface area contributed by atoms with Crippen LogP contribution in [0.4, 0.5) is 0 Å². The van der Waals surface area contributed by atoms with E-state index in [0.717, 1.165) is 19.4 Å². The molecule has 1 saturated heterocycles. The van der Waals surface area contributed by atoms with Crippen LogP contribution in [-0.4, -0.2) is 43.7 Å². The predicted molar refractivity (Wildman–Crippen MR) is 59.4 cm³/mol. The molecule has 4 heteroatoms. The lowest BCUT2D eigenvalue weighted by Crippen LogP contribution is -2.51. The van der Waals surface area contributed by atoms with Gasteiger partial charge in [0.2, 0.25) is 5.91 Å². The fourth-order valence-corrected chi connectivity index (χ4v) is 2.05. The highest BCUT2D eigenvalue weighted by Gasteiger charge is 2.33. The lowest BCUT2D eigenvalue weighted by Gasteiger charge is -2.36. The van der Waals surface area contributed by atoms with Gasteiger partial charge in [-0.15, -0.1) is 0 Å². The Labute approximate surface area is 91.8 Å². The first kappa shape index (κ1) is 12.5. The summed E-state index contributed by atoms with van der Waals surface area (Å²) < 4.78 is 5.07. The highest BCUT2D eigenvalue weighted by atomic mass is 16.5. The zero-order valence-electron chi connectivity index (χ0n) is 9.95. The zero-order valence-corrected chi connectivity index (χ0v) is 9.95. The van der Waals surface area contributed by atoms with Crippen molar-refractivity contribution < 1.29 is 9.53 Å². The SMILES string of the molecule is COCC(C)(C)C(=O)N1CCCC(N)C1. The van der Waals surface area contributed by atoms with Gasteiger partial charge in [0, 0.05) is 26.2 Å². The monoisotopic (exact) mass is 214 g/mol. The molecule has 1 aliphatic rings. The summed E-state index contributed by atoms with van der Waals surface area (Å²) >= 11 is 0. The van der Waals surface area contributed by atoms with Gasteiger partial charge in [-0.2, -0.15) is 0 Å². The standard InChI is InChI=1S/C11H22N2O2/c1-11(2,8-15-3)10(14)13-6-4-5-9(12)7-13/h9H,4-8,12H2,1-3H3. The van der Waals surface area contributed by atoms with Crippen LogP contribution in [0.1, 0.15) is 26.7 Å². The Morgan fingerprint density at radius 1 is 1.60 bits per heavy atom. The molecule has 1 atom stereocenters. The van der Waals surface area contributed by atoms with Gasteiger partial charge >= 0.3 is 0 Å². The Kier molecular flexibility index (Phi) is 4.11. The summed E-state index contributed by atoms with van der Waals surface area (Å²) in [5, 5.41) is 0. The van der Waals surface area contributed by atoms with E-state index in [9.17, 15) is 4.79 Å². The Bertz CT molecular complexity index is 229. The highest BCUT2D eigenvalue weighted by molar-refractivity contribution is 5.82. The maximum Gasteiger partial charge on any atom is 0.230 e. The number of hydrogen-bond donors (Lipinski definition) is 1. The number of hydrogen-bond acceptors (Lipinski definition) is 3. The molecule has 1 heterocycles. The van der Waals surface area contributed by atoms with Crippen molar-refractivity contribution in [3.63, 3.8) is 0 Å². The van der Waals surface area contributed by atoms with E-state index in [0.29, 0.717) is 13.2 Å². The number of likely N-dealkylation sites (tertiary alicyclic amines) is 1. The van der Waals surface area contributed by atoms with Crippen molar-refractivity contribution in [1.82, 2.24) is 4.90 Å². The number of methoxy groups -OCH3 is 1. The minimum Gasteiger partial charge on any atom is -0.384 e. The van der Waals surface area contributed by atoms with Gasteiger partial charge in [-0.05, 0) is 26.7 Å². The van der Waals surface area contributed by atoms with E-state index in [-0.39, 0.29) is 11.9 Å². The number of nitrogens with two attached hydrogens (primary N) is 1. The molecule has 1 unspecified atom stereocenters. The van der Waals surface area contributed by atoms with E-state index >= 15 is 0 Å². The molecule has 0 aliphatic carbocycles. The molecule has 0 radical (unpaired) electrons. The van der Waals surface area contributed by atoms with Crippen LogP contribution in [0.25, 0.3) is 0 Å². The lowest BCUT2D eigenvalue weighted by molar-refractivity contribution is -0.144. The average Bonchev–Trinajstić information content (AvgIpc) is 2.16. The van der Waals surface area contributed by atoms with Crippen LogP contribution in [-0.2, 0) is 9.53 Å². The van der Waals surface area contributed by atoms with Crippen LogP contribution in [0.2, 0.25) is 0 Å². The minimum atomic E-state index is -0.439. The fraction of sp³-hybridized carbons (Fsp3) is 0.909. The summed E-state index contributed by atoms with van der Waals surface area (Å²) in [5.41, 5.74) is 5.42. The first-order valence-corrected chi connectivity index (χ1v) is 5.51. The molecule has 4 nitrogen and oxygen atoms in total. The third-order valence-corrected chi connectivity index (χ3v) is 2.83. The Balaban J connectivity index is 2.58. The number of ether oxygens (including phenoxy) is 1. The van der Waals surface area contributed by atoms with Crippen molar-refractivity contribution in [3.05, 3.63) is 0 Å². The first-order valence-electron chi connectivity index (χ1n) is 5.51. The normalized spacial score (nSPS) is 22.9. The molecule has 0 aromatic carbocycles. The smallest absolute Gasteiger partial charge is 0.230 e. The molecule has 2 N–H and O–H groups in total. The molecule has 0 saturated carbocycles. The molecule has 15 heavy (non-hydrogen) atoms. The summed E-state index contributed by atoms with van der Waals surface area (Å²) in [4.78, 5) is 14.0. The lowest BCUT2D eigenvalue weighted by atomic mass is 9.91. The maximum atomic E-state index is 12.1. The van der Waals surface area contributed by atoms with Crippen LogP contribution in [0.3, 0.4) is 0 Å². The van der Waals surface area contributed by atoms with Crippen molar-refractivity contribution in [3.8, 4) is 0 Å². The fourth-order valence-electron chi connectivity index (χ4n) is 2.05. The second-order valence-corrected chi connectivity index (χ2v) is 4.97. The molecule has 1 amide bonds. The third-order valence-electron chi connectivity index (χ3n) is 2.83. The topological polar surface area (TPSA) is 55.6 Å². The average molecular weight is 214 g/mol. The molecule has 1 fully saturated rings. The van der Waals surface area contributed by atoms with Gasteiger partial charge in [-0.3, -0.25) is 4.79 Å². The van der Waals surface area contributed by atoms with Crippen molar-refractivity contribution in [2.24, 2.45) is 11.1 Å². The van der Waals surface area contributed by atoms with E-state index < -0.39 is 5.41 Å². The van der Waals surface area contributed by atoms with Crippen LogP contribution in [0.15, 0.2) is 0 Å². The summed E-state index contributed by atoms with van der Waals surface area (Å²) in [5.74, 6) is 0.152. The van der Waals surface area contributed by atoms with Crippen molar-refractivity contribution in [2.45, 2.75) is 32.7 Å². The number of carbonyl (C=O) groups excluding carboxylic acids is 1. The molecule has 88 valence electrons. The van der Waals surface area contributed by atoms with Crippen LogP contribution < -0.4 is 5.73 Å². The number of nitrogens with zero attached hydrogens (tertiary/aromatic N) is 1. The van der Waals surface area contributed by atoms with Gasteiger partial charge in [0.25, 0.3) is 0 Å². The Morgan fingerprint density at radius 2 is 2.27 bits per heavy atom. The maximum absolute atomic E-state index is 12.1. The number of rotatable bonds is 3. The van der Waals surface area contributed by atoms with Crippen molar-refractivity contribution in [1.29, 1.82) is 0 Å². The third kappa shape index (κ3) is 3.18. The predicted octanol–water partition coefficient (Wildman–Crippen LogP) is 0.609. The van der Waals surface area contributed by atoms with Gasteiger partial charge in [-0.1, -0.05) is 0 Å². The van der Waals surface area contributed by atoms with E-state index in [1.165, 1.54) is 0 Å². The van der Waals surface area contributed by atoms with E-state index in [1.54, 1.807) is 7.11 Å². The van der Waals surface area contributed by atoms with Crippen LogP contribution in [0.5, 0.6) is 0 Å². The summed E-state index contributed by atoms with van der Waals surface area (Å²) in [6.45, 7) is 5.81. The number of piperidine rings is 1. The van der Waals surface area contributed by atoms with Gasteiger partial charge < -0.3 is 15.4 Å². The summed E-state index contributed by atoms with van der Waals surface area (Å²) in [6.07, 6.45) is 2.03. The molecule has 0 bridgehead atoms. The van der Waals surface area contributed by atoms with E-state index in [4.69, 9.17) is 10.5 Å². The largest absolute Gasteiger partial charge is 0.384 e. The molecular formula is C11H22N2O2. The molecule has 1 aliphatic heterocycles. The number of amides is 1. The van der Waals surface area contributed by atoms with Crippen molar-refractivity contribution in [2.75, 3.05) is 26.8 Å². The van der Waals surface area contributed by atoms with Crippen LogP contribution in [0, 0.1) is 5.41 Å². The quantitative estimate of drug-likeness (QED) is 0.749. The summed E-state index contributed by atoms with van der Waals surface area (Å²) in [6, 6.07) is 0.140. The first-order chi connectivity index (χ1) is 6.97. The van der Waals surface area contributed by atoms with Gasteiger partial charge in [0.05, 0.1) is 12.0 Å². The molecule has 0 spiro atoms. The van der Waals surface area contributed by atoms with E-state index in [2.05, 4.69) is 0 Å². The molecule has 0 aromatic rings. The van der Waals surface area contributed by atoms with Crippen LogP contribution >= 0.6 is 0 Å². The second kappa shape index (κ2) is 4.94. The zero-order chi connectivity index (χ0) is 11.5.